The standard InChI is InChI=1S/C17H23N3S/c1-11(2)12-7-8-14(18)16(9-12)21-17-13-5-3-4-6-15(13)19-10-20-17/h3-6,10-12,14,16H,7-9,18H2,1-2H3. The van der Waals surface area contributed by atoms with E-state index in [1.165, 1.54) is 12.8 Å². The zero-order valence-electron chi connectivity index (χ0n) is 12.7. The molecule has 0 spiro atoms. The van der Waals surface area contributed by atoms with Gasteiger partial charge < -0.3 is 5.73 Å². The molecule has 0 saturated heterocycles. The van der Waals surface area contributed by atoms with Gasteiger partial charge in [0, 0.05) is 16.7 Å². The number of rotatable bonds is 3. The highest BCUT2D eigenvalue weighted by Gasteiger charge is 2.31. The predicted octanol–water partition coefficient (Wildman–Crippen LogP) is 3.87. The molecule has 2 aromatic rings. The molecule has 2 N–H and O–H groups in total. The van der Waals surface area contributed by atoms with Crippen LogP contribution in [0.25, 0.3) is 10.9 Å². The van der Waals surface area contributed by atoms with Gasteiger partial charge in [-0.3, -0.25) is 0 Å². The molecule has 1 saturated carbocycles. The fraction of sp³-hybridized carbons (Fsp3) is 0.529. The number of hydrogen-bond donors (Lipinski definition) is 1. The summed E-state index contributed by atoms with van der Waals surface area (Å²) in [5, 5.41) is 2.68. The second-order valence-corrected chi connectivity index (χ2v) is 7.56. The second-order valence-electron chi connectivity index (χ2n) is 6.33. The monoisotopic (exact) mass is 301 g/mol. The van der Waals surface area contributed by atoms with Gasteiger partial charge in [-0.1, -0.05) is 32.0 Å². The Bertz CT molecular complexity index is 609. The SMILES string of the molecule is CC(C)C1CCC(N)C(Sc2ncnc3ccccc23)C1. The number of nitrogens with two attached hydrogens (primary N) is 1. The van der Waals surface area contributed by atoms with Gasteiger partial charge in [0.25, 0.3) is 0 Å². The van der Waals surface area contributed by atoms with Gasteiger partial charge in [-0.2, -0.15) is 0 Å². The van der Waals surface area contributed by atoms with Crippen LogP contribution in [0.2, 0.25) is 0 Å². The molecular weight excluding hydrogens is 278 g/mol. The van der Waals surface area contributed by atoms with Gasteiger partial charge in [0.15, 0.2) is 0 Å². The van der Waals surface area contributed by atoms with Gasteiger partial charge in [0.1, 0.15) is 11.4 Å². The number of fused-ring (bicyclic) bond motifs is 1. The van der Waals surface area contributed by atoms with Gasteiger partial charge >= 0.3 is 0 Å². The number of thioether (sulfide) groups is 1. The van der Waals surface area contributed by atoms with Crippen molar-refractivity contribution in [1.29, 1.82) is 0 Å². The number of benzene rings is 1. The Balaban J connectivity index is 1.83. The molecule has 3 unspecified atom stereocenters. The molecule has 3 atom stereocenters. The third kappa shape index (κ3) is 3.22. The van der Waals surface area contributed by atoms with Crippen LogP contribution in [0, 0.1) is 11.8 Å². The second kappa shape index (κ2) is 6.32. The summed E-state index contributed by atoms with van der Waals surface area (Å²) in [6, 6.07) is 8.49. The van der Waals surface area contributed by atoms with Gasteiger partial charge in [-0.15, -0.1) is 11.8 Å². The van der Waals surface area contributed by atoms with Crippen LogP contribution in [0.3, 0.4) is 0 Å². The van der Waals surface area contributed by atoms with Gasteiger partial charge in [0.05, 0.1) is 5.52 Å². The molecule has 1 aromatic carbocycles. The molecular formula is C17H23N3S. The van der Waals surface area contributed by atoms with Crippen molar-refractivity contribution in [3.63, 3.8) is 0 Å². The summed E-state index contributed by atoms with van der Waals surface area (Å²) in [6.45, 7) is 4.65. The minimum absolute atomic E-state index is 0.277. The van der Waals surface area contributed by atoms with Crippen molar-refractivity contribution >= 4 is 22.7 Å². The summed E-state index contributed by atoms with van der Waals surface area (Å²) in [7, 11) is 0. The minimum Gasteiger partial charge on any atom is -0.327 e. The molecule has 1 heterocycles. The molecule has 1 aromatic heterocycles. The lowest BCUT2D eigenvalue weighted by molar-refractivity contribution is 0.266. The van der Waals surface area contributed by atoms with Crippen LogP contribution in [0.4, 0.5) is 0 Å². The van der Waals surface area contributed by atoms with E-state index in [2.05, 4.69) is 29.9 Å². The fourth-order valence-electron chi connectivity index (χ4n) is 3.14. The molecule has 1 aliphatic rings. The molecule has 3 rings (SSSR count). The highest BCUT2D eigenvalue weighted by molar-refractivity contribution is 8.00. The third-order valence-corrected chi connectivity index (χ3v) is 5.99. The molecule has 0 radical (unpaired) electrons. The highest BCUT2D eigenvalue weighted by Crippen LogP contribution is 2.39. The van der Waals surface area contributed by atoms with Crippen molar-refractivity contribution in [3.8, 4) is 0 Å². The average Bonchev–Trinajstić information content (AvgIpc) is 2.49. The number of aromatic nitrogens is 2. The van der Waals surface area contributed by atoms with Crippen LogP contribution in [0.15, 0.2) is 35.6 Å². The van der Waals surface area contributed by atoms with Crippen LogP contribution in [-0.4, -0.2) is 21.3 Å². The molecule has 0 amide bonds. The topological polar surface area (TPSA) is 51.8 Å². The maximum atomic E-state index is 6.37. The van der Waals surface area contributed by atoms with Crippen molar-refractivity contribution in [3.05, 3.63) is 30.6 Å². The number of para-hydroxylation sites is 1. The summed E-state index contributed by atoms with van der Waals surface area (Å²) in [6.07, 6.45) is 5.25. The lowest BCUT2D eigenvalue weighted by Crippen LogP contribution is -2.39. The first kappa shape index (κ1) is 14.8. The molecule has 0 aliphatic heterocycles. The van der Waals surface area contributed by atoms with E-state index >= 15 is 0 Å². The summed E-state index contributed by atoms with van der Waals surface area (Å²) < 4.78 is 0. The zero-order valence-corrected chi connectivity index (χ0v) is 13.5. The molecule has 4 heteroatoms. The predicted molar refractivity (Wildman–Crippen MR) is 89.3 cm³/mol. The highest BCUT2D eigenvalue weighted by atomic mass is 32.2. The minimum atomic E-state index is 0.277. The van der Waals surface area contributed by atoms with E-state index in [4.69, 9.17) is 5.73 Å². The fourth-order valence-corrected chi connectivity index (χ4v) is 4.49. The quantitative estimate of drug-likeness (QED) is 0.874. The smallest absolute Gasteiger partial charge is 0.117 e. The molecule has 1 fully saturated rings. The van der Waals surface area contributed by atoms with E-state index in [1.54, 1.807) is 6.33 Å². The van der Waals surface area contributed by atoms with E-state index < -0.39 is 0 Å². The van der Waals surface area contributed by atoms with Crippen LogP contribution < -0.4 is 5.73 Å². The molecule has 21 heavy (non-hydrogen) atoms. The van der Waals surface area contributed by atoms with E-state index in [1.807, 2.05) is 30.0 Å². The Morgan fingerprint density at radius 3 is 2.81 bits per heavy atom. The molecule has 1 aliphatic carbocycles. The lowest BCUT2D eigenvalue weighted by Gasteiger charge is -2.35. The van der Waals surface area contributed by atoms with Gasteiger partial charge in [0.2, 0.25) is 0 Å². The summed E-state index contributed by atoms with van der Waals surface area (Å²) in [5.41, 5.74) is 7.38. The Kier molecular flexibility index (Phi) is 4.45. The van der Waals surface area contributed by atoms with Gasteiger partial charge in [-0.25, -0.2) is 9.97 Å². The van der Waals surface area contributed by atoms with Crippen LogP contribution in [0.1, 0.15) is 33.1 Å². The normalized spacial score (nSPS) is 26.4. The van der Waals surface area contributed by atoms with Crippen molar-refractivity contribution in [1.82, 2.24) is 9.97 Å². The summed E-state index contributed by atoms with van der Waals surface area (Å²) in [5.74, 6) is 1.53. The van der Waals surface area contributed by atoms with Crippen molar-refractivity contribution in [2.75, 3.05) is 0 Å². The van der Waals surface area contributed by atoms with Crippen molar-refractivity contribution in [2.45, 2.75) is 49.4 Å². The largest absolute Gasteiger partial charge is 0.327 e. The Hall–Kier alpha value is -1.13. The third-order valence-electron chi connectivity index (χ3n) is 4.60. The number of hydrogen-bond acceptors (Lipinski definition) is 4. The molecule has 0 bridgehead atoms. The maximum Gasteiger partial charge on any atom is 0.117 e. The Morgan fingerprint density at radius 1 is 1.19 bits per heavy atom. The Morgan fingerprint density at radius 2 is 2.00 bits per heavy atom. The first-order valence-electron chi connectivity index (χ1n) is 7.77. The van der Waals surface area contributed by atoms with Crippen molar-refractivity contribution < 1.29 is 0 Å². The first-order chi connectivity index (χ1) is 10.1. The van der Waals surface area contributed by atoms with E-state index in [0.717, 1.165) is 34.2 Å². The lowest BCUT2D eigenvalue weighted by atomic mass is 9.79. The maximum absolute atomic E-state index is 6.37. The molecule has 112 valence electrons. The van der Waals surface area contributed by atoms with Crippen LogP contribution >= 0.6 is 11.8 Å². The molecule has 3 nitrogen and oxygen atoms in total. The van der Waals surface area contributed by atoms with Crippen molar-refractivity contribution in [2.24, 2.45) is 17.6 Å². The summed E-state index contributed by atoms with van der Waals surface area (Å²) in [4.78, 5) is 8.84. The van der Waals surface area contributed by atoms with Crippen LogP contribution in [-0.2, 0) is 0 Å². The van der Waals surface area contributed by atoms with E-state index in [0.29, 0.717) is 5.25 Å². The first-order valence-corrected chi connectivity index (χ1v) is 8.65. The van der Waals surface area contributed by atoms with Crippen LogP contribution in [0.5, 0.6) is 0 Å². The Labute approximate surface area is 130 Å². The average molecular weight is 301 g/mol. The van der Waals surface area contributed by atoms with Gasteiger partial charge in [-0.05, 0) is 37.2 Å². The zero-order chi connectivity index (χ0) is 14.8. The summed E-state index contributed by atoms with van der Waals surface area (Å²) >= 11 is 1.85. The van der Waals surface area contributed by atoms with E-state index in [-0.39, 0.29) is 6.04 Å². The van der Waals surface area contributed by atoms with E-state index in [9.17, 15) is 0 Å². The number of nitrogens with zero attached hydrogens (tertiary/aromatic N) is 2.